The van der Waals surface area contributed by atoms with Gasteiger partial charge in [0.25, 0.3) is 0 Å². The topological polar surface area (TPSA) is 12.0 Å². The van der Waals surface area contributed by atoms with Gasteiger partial charge in [-0.1, -0.05) is 31.9 Å². The Labute approximate surface area is 108 Å². The second kappa shape index (κ2) is 6.36. The van der Waals surface area contributed by atoms with E-state index < -0.39 is 0 Å². The summed E-state index contributed by atoms with van der Waals surface area (Å²) in [6, 6.07) is 4.78. The SMILES string of the molecule is CCCC(C)(CNC)Cc1cc(Cl)ccc1F. The number of hydrogen-bond acceptors (Lipinski definition) is 1. The zero-order chi connectivity index (χ0) is 12.9. The van der Waals surface area contributed by atoms with Crippen LogP contribution in [-0.4, -0.2) is 13.6 Å². The maximum absolute atomic E-state index is 13.7. The Kier molecular flexibility index (Phi) is 5.41. The highest BCUT2D eigenvalue weighted by molar-refractivity contribution is 6.30. The molecule has 1 unspecified atom stereocenters. The van der Waals surface area contributed by atoms with Crippen molar-refractivity contribution in [2.45, 2.75) is 33.1 Å². The minimum Gasteiger partial charge on any atom is -0.319 e. The average molecular weight is 258 g/mol. The first-order chi connectivity index (χ1) is 8.00. The lowest BCUT2D eigenvalue weighted by Gasteiger charge is -2.29. The first-order valence-corrected chi connectivity index (χ1v) is 6.47. The summed E-state index contributed by atoms with van der Waals surface area (Å²) in [5.74, 6) is -0.159. The smallest absolute Gasteiger partial charge is 0.126 e. The van der Waals surface area contributed by atoms with Gasteiger partial charge in [0.1, 0.15) is 5.82 Å². The Morgan fingerprint density at radius 3 is 2.71 bits per heavy atom. The van der Waals surface area contributed by atoms with Crippen LogP contribution in [0.5, 0.6) is 0 Å². The first-order valence-electron chi connectivity index (χ1n) is 6.09. The Hall–Kier alpha value is -0.600. The van der Waals surface area contributed by atoms with Crippen LogP contribution in [0.25, 0.3) is 0 Å². The quantitative estimate of drug-likeness (QED) is 0.811. The fraction of sp³-hybridized carbons (Fsp3) is 0.571. The average Bonchev–Trinajstić information content (AvgIpc) is 2.24. The van der Waals surface area contributed by atoms with Crippen molar-refractivity contribution < 1.29 is 4.39 Å². The van der Waals surface area contributed by atoms with Gasteiger partial charge in [0.2, 0.25) is 0 Å². The van der Waals surface area contributed by atoms with Crippen LogP contribution in [0, 0.1) is 11.2 Å². The minimum absolute atomic E-state index is 0.0784. The van der Waals surface area contributed by atoms with E-state index in [0.29, 0.717) is 17.0 Å². The third-order valence-electron chi connectivity index (χ3n) is 3.08. The Bertz CT molecular complexity index is 359. The summed E-state index contributed by atoms with van der Waals surface area (Å²) in [5, 5.41) is 3.79. The molecule has 17 heavy (non-hydrogen) atoms. The van der Waals surface area contributed by atoms with Crippen molar-refractivity contribution in [1.82, 2.24) is 5.32 Å². The van der Waals surface area contributed by atoms with E-state index in [2.05, 4.69) is 19.2 Å². The lowest BCUT2D eigenvalue weighted by atomic mass is 9.79. The third kappa shape index (κ3) is 4.29. The summed E-state index contributed by atoms with van der Waals surface area (Å²) in [5.41, 5.74) is 0.790. The zero-order valence-corrected chi connectivity index (χ0v) is 11.6. The molecule has 0 aliphatic carbocycles. The number of rotatable bonds is 6. The van der Waals surface area contributed by atoms with E-state index in [1.54, 1.807) is 12.1 Å². The van der Waals surface area contributed by atoms with Crippen molar-refractivity contribution >= 4 is 11.6 Å². The normalized spacial score (nSPS) is 14.6. The lowest BCUT2D eigenvalue weighted by Crippen LogP contribution is -2.32. The third-order valence-corrected chi connectivity index (χ3v) is 3.32. The molecule has 0 bridgehead atoms. The molecule has 0 saturated heterocycles. The van der Waals surface area contributed by atoms with Crippen LogP contribution >= 0.6 is 11.6 Å². The molecular weight excluding hydrogens is 237 g/mol. The molecule has 96 valence electrons. The van der Waals surface area contributed by atoms with E-state index in [1.165, 1.54) is 6.07 Å². The van der Waals surface area contributed by atoms with Crippen LogP contribution in [0.2, 0.25) is 5.02 Å². The van der Waals surface area contributed by atoms with Gasteiger partial charge in [-0.3, -0.25) is 0 Å². The predicted octanol–water partition coefficient (Wildman–Crippen LogP) is 4.05. The van der Waals surface area contributed by atoms with Gasteiger partial charge < -0.3 is 5.32 Å². The van der Waals surface area contributed by atoms with Crippen LogP contribution in [-0.2, 0) is 6.42 Å². The van der Waals surface area contributed by atoms with E-state index >= 15 is 0 Å². The van der Waals surface area contributed by atoms with Gasteiger partial charge >= 0.3 is 0 Å². The van der Waals surface area contributed by atoms with E-state index in [1.807, 2.05) is 7.05 Å². The fourth-order valence-corrected chi connectivity index (χ4v) is 2.60. The zero-order valence-electron chi connectivity index (χ0n) is 10.8. The molecule has 1 aromatic rings. The molecule has 0 saturated carbocycles. The van der Waals surface area contributed by atoms with Crippen molar-refractivity contribution in [1.29, 1.82) is 0 Å². The van der Waals surface area contributed by atoms with Crippen molar-refractivity contribution in [2.75, 3.05) is 13.6 Å². The van der Waals surface area contributed by atoms with Gasteiger partial charge in [0.15, 0.2) is 0 Å². The molecule has 0 aliphatic rings. The summed E-state index contributed by atoms with van der Waals surface area (Å²) in [6.07, 6.45) is 2.88. The molecular formula is C14H21ClFN. The highest BCUT2D eigenvalue weighted by atomic mass is 35.5. The summed E-state index contributed by atoms with van der Waals surface area (Å²) in [4.78, 5) is 0. The predicted molar refractivity (Wildman–Crippen MR) is 72.1 cm³/mol. The van der Waals surface area contributed by atoms with Crippen LogP contribution in [0.4, 0.5) is 4.39 Å². The maximum Gasteiger partial charge on any atom is 0.126 e. The van der Waals surface area contributed by atoms with E-state index in [4.69, 9.17) is 11.6 Å². The molecule has 1 nitrogen and oxygen atoms in total. The summed E-state index contributed by atoms with van der Waals surface area (Å²) >= 11 is 5.92. The molecule has 0 aliphatic heterocycles. The van der Waals surface area contributed by atoms with Crippen LogP contribution in [0.1, 0.15) is 32.3 Å². The molecule has 0 heterocycles. The lowest BCUT2D eigenvalue weighted by molar-refractivity contribution is 0.279. The van der Waals surface area contributed by atoms with E-state index in [-0.39, 0.29) is 11.2 Å². The van der Waals surface area contributed by atoms with Gasteiger partial charge in [-0.05, 0) is 49.1 Å². The number of halogens is 2. The molecule has 0 aromatic heterocycles. The first kappa shape index (κ1) is 14.5. The Balaban J connectivity index is 2.88. The standard InChI is InChI=1S/C14H21ClFN/c1-4-7-14(2,10-17-3)9-11-8-12(15)5-6-13(11)16/h5-6,8,17H,4,7,9-10H2,1-3H3. The second-order valence-corrected chi connectivity index (χ2v) is 5.44. The Morgan fingerprint density at radius 2 is 2.12 bits per heavy atom. The molecule has 0 spiro atoms. The van der Waals surface area contributed by atoms with Crippen LogP contribution in [0.3, 0.4) is 0 Å². The molecule has 1 rings (SSSR count). The summed E-state index contributed by atoms with van der Waals surface area (Å²) in [7, 11) is 1.93. The van der Waals surface area contributed by atoms with Gasteiger partial charge in [-0.2, -0.15) is 0 Å². The summed E-state index contributed by atoms with van der Waals surface area (Å²) < 4.78 is 13.7. The number of hydrogen-bond donors (Lipinski definition) is 1. The van der Waals surface area contributed by atoms with E-state index in [0.717, 1.165) is 19.4 Å². The van der Waals surface area contributed by atoms with Crippen molar-refractivity contribution in [3.8, 4) is 0 Å². The van der Waals surface area contributed by atoms with Crippen molar-refractivity contribution in [3.63, 3.8) is 0 Å². The molecule has 1 aromatic carbocycles. The molecule has 1 N–H and O–H groups in total. The summed E-state index contributed by atoms with van der Waals surface area (Å²) in [6.45, 7) is 5.22. The molecule has 1 atom stereocenters. The minimum atomic E-state index is -0.159. The van der Waals surface area contributed by atoms with Crippen LogP contribution in [0.15, 0.2) is 18.2 Å². The monoisotopic (exact) mass is 257 g/mol. The Morgan fingerprint density at radius 1 is 1.41 bits per heavy atom. The largest absolute Gasteiger partial charge is 0.319 e. The molecule has 0 fully saturated rings. The maximum atomic E-state index is 13.7. The van der Waals surface area contributed by atoms with E-state index in [9.17, 15) is 4.39 Å². The van der Waals surface area contributed by atoms with Crippen molar-refractivity contribution in [3.05, 3.63) is 34.6 Å². The fourth-order valence-electron chi connectivity index (χ4n) is 2.41. The van der Waals surface area contributed by atoms with Gasteiger partial charge in [0, 0.05) is 11.6 Å². The highest BCUT2D eigenvalue weighted by Crippen LogP contribution is 2.29. The van der Waals surface area contributed by atoms with Gasteiger partial charge in [-0.25, -0.2) is 4.39 Å². The highest BCUT2D eigenvalue weighted by Gasteiger charge is 2.24. The molecule has 0 radical (unpaired) electrons. The number of nitrogens with one attached hydrogen (secondary N) is 1. The van der Waals surface area contributed by atoms with Crippen LogP contribution < -0.4 is 5.32 Å². The second-order valence-electron chi connectivity index (χ2n) is 5.00. The van der Waals surface area contributed by atoms with Crippen molar-refractivity contribution in [2.24, 2.45) is 5.41 Å². The van der Waals surface area contributed by atoms with Gasteiger partial charge in [-0.15, -0.1) is 0 Å². The molecule has 3 heteroatoms. The molecule has 0 amide bonds. The van der Waals surface area contributed by atoms with Gasteiger partial charge in [0.05, 0.1) is 0 Å². The number of benzene rings is 1.